The van der Waals surface area contributed by atoms with Crippen LogP contribution < -0.4 is 5.32 Å². The minimum absolute atomic E-state index is 0.826. The van der Waals surface area contributed by atoms with Gasteiger partial charge in [0.1, 0.15) is 11.5 Å². The van der Waals surface area contributed by atoms with Gasteiger partial charge in [0.15, 0.2) is 0 Å². The van der Waals surface area contributed by atoms with Crippen LogP contribution in [0.5, 0.6) is 0 Å². The van der Waals surface area contributed by atoms with Crippen LogP contribution in [0.25, 0.3) is 22.2 Å². The molecule has 7 heteroatoms. The number of imidazole rings is 1. The minimum atomic E-state index is 0.826. The monoisotopic (exact) mass is 485 g/mol. The van der Waals surface area contributed by atoms with Crippen LogP contribution in [0.1, 0.15) is 37.7 Å². The highest BCUT2D eigenvalue weighted by atomic mass is 15.1. The summed E-state index contributed by atoms with van der Waals surface area (Å²) in [5.74, 6) is 1.06. The van der Waals surface area contributed by atoms with E-state index in [0.717, 1.165) is 79.4 Å². The molecule has 0 saturated heterocycles. The number of likely N-dealkylation sites (N-methyl/N-ethyl adjacent to an activating group) is 2. The lowest BCUT2D eigenvalue weighted by Gasteiger charge is -2.21. The molecule has 0 radical (unpaired) electrons. The van der Waals surface area contributed by atoms with Crippen molar-refractivity contribution in [3.8, 4) is 0 Å². The van der Waals surface area contributed by atoms with Crippen LogP contribution in [0.4, 0.5) is 5.69 Å². The highest BCUT2D eigenvalue weighted by Crippen LogP contribution is 2.29. The number of hydrogen-bond donors (Lipinski definition) is 2. The Hall–Kier alpha value is -3.42. The fourth-order valence-electron chi connectivity index (χ4n) is 4.44. The molecule has 1 aliphatic heterocycles. The lowest BCUT2D eigenvalue weighted by molar-refractivity contribution is 0.370. The molecule has 2 N–H and O–H groups in total. The normalized spacial score (nSPS) is 15.2. The maximum Gasteiger partial charge on any atom is 0.139 e. The third-order valence-electron chi connectivity index (χ3n) is 6.58. The zero-order chi connectivity index (χ0) is 25.5. The number of rotatable bonds is 11. The van der Waals surface area contributed by atoms with Crippen molar-refractivity contribution in [3.63, 3.8) is 0 Å². The number of H-pyrrole nitrogens is 1. The van der Waals surface area contributed by atoms with E-state index in [9.17, 15) is 0 Å². The second kappa shape index (κ2) is 12.0. The van der Waals surface area contributed by atoms with Crippen LogP contribution in [0.15, 0.2) is 67.3 Å². The fourth-order valence-corrected chi connectivity index (χ4v) is 4.44. The minimum Gasteiger partial charge on any atom is -0.355 e. The molecule has 3 aromatic rings. The molecule has 0 spiro atoms. The Kier molecular flexibility index (Phi) is 8.57. The van der Waals surface area contributed by atoms with Crippen molar-refractivity contribution in [3.05, 3.63) is 78.8 Å². The molecule has 0 bridgehead atoms. The number of allylic oxidation sites excluding steroid dienone is 4. The van der Waals surface area contributed by atoms with Crippen LogP contribution in [-0.4, -0.2) is 70.1 Å². The Bertz CT molecular complexity index is 1270. The van der Waals surface area contributed by atoms with Crippen LogP contribution in [0.3, 0.4) is 0 Å². The van der Waals surface area contributed by atoms with Crippen LogP contribution in [-0.2, 0) is 6.54 Å². The van der Waals surface area contributed by atoms with Gasteiger partial charge in [0.25, 0.3) is 0 Å². The number of anilines is 1. The summed E-state index contributed by atoms with van der Waals surface area (Å²) < 4.78 is 2.24. The average molecular weight is 486 g/mol. The van der Waals surface area contributed by atoms with E-state index >= 15 is 0 Å². The lowest BCUT2D eigenvalue weighted by Crippen LogP contribution is -2.23. The molecule has 0 aromatic carbocycles. The van der Waals surface area contributed by atoms with Gasteiger partial charge in [-0.2, -0.15) is 0 Å². The van der Waals surface area contributed by atoms with E-state index in [0.29, 0.717) is 0 Å². The maximum atomic E-state index is 4.61. The second-order valence-electron chi connectivity index (χ2n) is 9.66. The number of pyridine rings is 1. The van der Waals surface area contributed by atoms with E-state index in [-0.39, 0.29) is 0 Å². The highest BCUT2D eigenvalue weighted by Gasteiger charge is 2.14. The predicted octanol–water partition coefficient (Wildman–Crippen LogP) is 5.41. The summed E-state index contributed by atoms with van der Waals surface area (Å²) in [6.45, 7) is 10.4. The number of aromatic amines is 1. The first-order valence-corrected chi connectivity index (χ1v) is 12.8. The summed E-state index contributed by atoms with van der Waals surface area (Å²) in [6, 6.07) is 4.21. The topological polar surface area (TPSA) is 65.0 Å². The Labute approximate surface area is 214 Å². The van der Waals surface area contributed by atoms with Crippen molar-refractivity contribution in [2.75, 3.05) is 46.1 Å². The van der Waals surface area contributed by atoms with Crippen molar-refractivity contribution in [2.24, 2.45) is 0 Å². The fraction of sp³-hybridized carbons (Fsp3) is 0.379. The molecule has 190 valence electrons. The summed E-state index contributed by atoms with van der Waals surface area (Å²) in [5.41, 5.74) is 6.53. The largest absolute Gasteiger partial charge is 0.355 e. The SMILES string of the molecule is C=C(C=CC/C=C(\CC)c1nccn1CCN(C)C)Nc1ccnc2[nH]c(C3=CCN(C)CC3)cc12. The smallest absolute Gasteiger partial charge is 0.139 e. The Morgan fingerprint density at radius 3 is 2.89 bits per heavy atom. The van der Waals surface area contributed by atoms with Gasteiger partial charge in [-0.05, 0) is 69.8 Å². The molecule has 0 unspecified atom stereocenters. The highest BCUT2D eigenvalue weighted by molar-refractivity contribution is 5.93. The second-order valence-corrected chi connectivity index (χ2v) is 9.66. The van der Waals surface area contributed by atoms with E-state index < -0.39 is 0 Å². The third-order valence-corrected chi connectivity index (χ3v) is 6.58. The molecular formula is C29H39N7. The predicted molar refractivity (Wildman–Crippen MR) is 152 cm³/mol. The Morgan fingerprint density at radius 2 is 2.14 bits per heavy atom. The zero-order valence-electron chi connectivity index (χ0n) is 22.1. The molecule has 0 saturated carbocycles. The van der Waals surface area contributed by atoms with Gasteiger partial charge in [-0.25, -0.2) is 9.97 Å². The standard InChI is InChI=1S/C29H39N7/c1-6-23(29-31-15-18-36(29)20-19-34(3)4)10-8-7-9-22(2)32-26-11-14-30-28-25(26)21-27(33-28)24-12-16-35(5)17-13-24/h7,9-12,14-15,18,21H,2,6,8,13,16-17,19-20H2,1,3-5H3,(H2,30,32,33)/b9-7?,23-10+. The molecule has 4 heterocycles. The van der Waals surface area contributed by atoms with Crippen molar-refractivity contribution >= 4 is 27.9 Å². The van der Waals surface area contributed by atoms with Crippen molar-refractivity contribution in [2.45, 2.75) is 32.7 Å². The quantitative estimate of drug-likeness (QED) is 0.356. The van der Waals surface area contributed by atoms with Gasteiger partial charge in [-0.15, -0.1) is 0 Å². The van der Waals surface area contributed by atoms with Gasteiger partial charge in [0.05, 0.1) is 5.69 Å². The summed E-state index contributed by atoms with van der Waals surface area (Å²) in [6.07, 6.45) is 17.4. The molecule has 0 amide bonds. The molecule has 0 atom stereocenters. The molecule has 3 aromatic heterocycles. The molecular weight excluding hydrogens is 446 g/mol. The third kappa shape index (κ3) is 6.42. The first-order chi connectivity index (χ1) is 17.4. The number of hydrogen-bond acceptors (Lipinski definition) is 5. The number of aromatic nitrogens is 4. The van der Waals surface area contributed by atoms with Gasteiger partial charge in [0.2, 0.25) is 0 Å². The summed E-state index contributed by atoms with van der Waals surface area (Å²) in [5, 5.41) is 4.55. The van der Waals surface area contributed by atoms with Gasteiger partial charge in [-0.1, -0.05) is 31.7 Å². The zero-order valence-corrected chi connectivity index (χ0v) is 22.1. The number of fused-ring (bicyclic) bond motifs is 1. The summed E-state index contributed by atoms with van der Waals surface area (Å²) >= 11 is 0. The molecule has 1 aliphatic rings. The first kappa shape index (κ1) is 25.7. The van der Waals surface area contributed by atoms with Crippen molar-refractivity contribution in [1.29, 1.82) is 0 Å². The molecule has 36 heavy (non-hydrogen) atoms. The van der Waals surface area contributed by atoms with Crippen molar-refractivity contribution in [1.82, 2.24) is 29.3 Å². The first-order valence-electron chi connectivity index (χ1n) is 12.8. The van der Waals surface area contributed by atoms with Gasteiger partial charge >= 0.3 is 0 Å². The van der Waals surface area contributed by atoms with Gasteiger partial charge in [-0.3, -0.25) is 0 Å². The van der Waals surface area contributed by atoms with Crippen molar-refractivity contribution < 1.29 is 0 Å². The van der Waals surface area contributed by atoms with Crippen LogP contribution in [0.2, 0.25) is 0 Å². The Balaban J connectivity index is 1.40. The maximum absolute atomic E-state index is 4.61. The summed E-state index contributed by atoms with van der Waals surface area (Å²) in [4.78, 5) is 17.2. The van der Waals surface area contributed by atoms with Gasteiger partial charge in [0, 0.05) is 61.5 Å². The van der Waals surface area contributed by atoms with Crippen LogP contribution >= 0.6 is 0 Å². The summed E-state index contributed by atoms with van der Waals surface area (Å²) in [7, 11) is 6.34. The number of nitrogens with one attached hydrogen (secondary N) is 2. The van der Waals surface area contributed by atoms with Gasteiger partial charge < -0.3 is 24.7 Å². The lowest BCUT2D eigenvalue weighted by atomic mass is 10.1. The molecule has 0 fully saturated rings. The molecule has 7 nitrogen and oxygen atoms in total. The Morgan fingerprint density at radius 1 is 1.28 bits per heavy atom. The molecule has 0 aliphatic carbocycles. The van der Waals surface area contributed by atoms with E-state index in [1.165, 1.54) is 11.1 Å². The number of nitrogens with zero attached hydrogens (tertiary/aromatic N) is 5. The average Bonchev–Trinajstić information content (AvgIpc) is 3.51. The van der Waals surface area contributed by atoms with E-state index in [2.05, 4.69) is 99.8 Å². The molecule has 4 rings (SSSR count). The van der Waals surface area contributed by atoms with E-state index in [4.69, 9.17) is 0 Å². The van der Waals surface area contributed by atoms with E-state index in [1.807, 2.05) is 24.5 Å². The van der Waals surface area contributed by atoms with E-state index in [1.54, 1.807) is 0 Å². The van der Waals surface area contributed by atoms with Crippen LogP contribution in [0, 0.1) is 0 Å².